The molecule has 3 heterocycles. The molecule has 0 bridgehead atoms. The van der Waals surface area contributed by atoms with Gasteiger partial charge in [-0.25, -0.2) is 9.97 Å². The lowest BCUT2D eigenvalue weighted by atomic mass is 9.84. The van der Waals surface area contributed by atoms with E-state index >= 15 is 0 Å². The quantitative estimate of drug-likeness (QED) is 0.516. The Labute approximate surface area is 219 Å². The van der Waals surface area contributed by atoms with E-state index in [9.17, 15) is 9.59 Å². The Morgan fingerprint density at radius 2 is 1.78 bits per heavy atom. The van der Waals surface area contributed by atoms with Crippen LogP contribution in [0.1, 0.15) is 51.0 Å². The van der Waals surface area contributed by atoms with Crippen LogP contribution in [0.15, 0.2) is 48.7 Å². The van der Waals surface area contributed by atoms with Gasteiger partial charge >= 0.3 is 0 Å². The summed E-state index contributed by atoms with van der Waals surface area (Å²) in [7, 11) is 0. The van der Waals surface area contributed by atoms with Crippen LogP contribution in [0.25, 0.3) is 22.2 Å². The fourth-order valence-electron chi connectivity index (χ4n) is 5.79. The maximum atomic E-state index is 13.2. The van der Waals surface area contributed by atoms with Crippen LogP contribution in [-0.4, -0.2) is 47.5 Å². The number of amides is 2. The van der Waals surface area contributed by atoms with Crippen molar-refractivity contribution in [1.82, 2.24) is 20.6 Å². The SMILES string of the molecule is CCNC(=O)[C@H]1CCC[C@H](NC(=O)C2CCN(c3nc4ncc(C)cc4cc3-c3ccccc3)CC2)C1. The molecule has 37 heavy (non-hydrogen) atoms. The molecule has 2 amide bonds. The summed E-state index contributed by atoms with van der Waals surface area (Å²) in [5.41, 5.74) is 4.09. The van der Waals surface area contributed by atoms with E-state index in [1.165, 1.54) is 0 Å². The molecule has 1 aliphatic heterocycles. The highest BCUT2D eigenvalue weighted by molar-refractivity contribution is 5.88. The minimum atomic E-state index is -0.0116. The van der Waals surface area contributed by atoms with E-state index in [1.807, 2.05) is 26.1 Å². The number of carbonyl (C=O) groups excluding carboxylic acids is 2. The fourth-order valence-corrected chi connectivity index (χ4v) is 5.79. The molecule has 1 aromatic carbocycles. The summed E-state index contributed by atoms with van der Waals surface area (Å²) in [5, 5.41) is 7.25. The number of aromatic nitrogens is 2. The first kappa shape index (κ1) is 25.2. The number of benzene rings is 1. The molecular formula is C30H37N5O2. The molecule has 1 saturated heterocycles. The van der Waals surface area contributed by atoms with E-state index in [0.717, 1.165) is 85.2 Å². The van der Waals surface area contributed by atoms with Crippen molar-refractivity contribution in [2.45, 2.75) is 58.4 Å². The number of rotatable bonds is 6. The van der Waals surface area contributed by atoms with Crippen LogP contribution >= 0.6 is 0 Å². The highest BCUT2D eigenvalue weighted by atomic mass is 16.2. The molecule has 0 radical (unpaired) electrons. The average molecular weight is 500 g/mol. The largest absolute Gasteiger partial charge is 0.356 e. The molecule has 2 aromatic heterocycles. The molecule has 7 nitrogen and oxygen atoms in total. The number of carbonyl (C=O) groups is 2. The van der Waals surface area contributed by atoms with Crippen LogP contribution in [0, 0.1) is 18.8 Å². The Morgan fingerprint density at radius 1 is 1.00 bits per heavy atom. The zero-order chi connectivity index (χ0) is 25.8. The Morgan fingerprint density at radius 3 is 2.54 bits per heavy atom. The second-order valence-electron chi connectivity index (χ2n) is 10.5. The maximum Gasteiger partial charge on any atom is 0.223 e. The number of nitrogens with zero attached hydrogens (tertiary/aromatic N) is 3. The summed E-state index contributed by atoms with van der Waals surface area (Å²) in [6.07, 6.45) is 7.02. The maximum absolute atomic E-state index is 13.2. The Hall–Kier alpha value is -3.48. The molecule has 0 spiro atoms. The van der Waals surface area contributed by atoms with Gasteiger partial charge in [0, 0.05) is 54.7 Å². The third-order valence-corrected chi connectivity index (χ3v) is 7.78. The smallest absolute Gasteiger partial charge is 0.223 e. The second-order valence-corrected chi connectivity index (χ2v) is 10.5. The van der Waals surface area contributed by atoms with Gasteiger partial charge in [-0.3, -0.25) is 9.59 Å². The van der Waals surface area contributed by atoms with Crippen molar-refractivity contribution in [1.29, 1.82) is 0 Å². The minimum Gasteiger partial charge on any atom is -0.356 e. The monoisotopic (exact) mass is 499 g/mol. The Bertz CT molecular complexity index is 1250. The van der Waals surface area contributed by atoms with Gasteiger partial charge in [0.2, 0.25) is 11.8 Å². The first-order chi connectivity index (χ1) is 18.0. The summed E-state index contributed by atoms with van der Waals surface area (Å²) in [6, 6.07) is 14.8. The van der Waals surface area contributed by atoms with E-state index in [4.69, 9.17) is 4.98 Å². The number of hydrogen-bond acceptors (Lipinski definition) is 5. The molecule has 7 heteroatoms. The zero-order valence-electron chi connectivity index (χ0n) is 21.9. The third kappa shape index (κ3) is 5.76. The summed E-state index contributed by atoms with van der Waals surface area (Å²) < 4.78 is 0. The van der Waals surface area contributed by atoms with Crippen LogP contribution in [0.3, 0.4) is 0 Å². The predicted molar refractivity (Wildman–Crippen MR) is 147 cm³/mol. The lowest BCUT2D eigenvalue weighted by Crippen LogP contribution is -2.46. The zero-order valence-corrected chi connectivity index (χ0v) is 21.9. The normalized spacial score (nSPS) is 20.5. The summed E-state index contributed by atoms with van der Waals surface area (Å²) in [4.78, 5) is 37.3. The van der Waals surface area contributed by atoms with Crippen LogP contribution in [0.2, 0.25) is 0 Å². The van der Waals surface area contributed by atoms with Crippen molar-refractivity contribution in [2.24, 2.45) is 11.8 Å². The molecule has 5 rings (SSSR count). The number of nitrogens with one attached hydrogen (secondary N) is 2. The third-order valence-electron chi connectivity index (χ3n) is 7.78. The first-order valence-corrected chi connectivity index (χ1v) is 13.7. The molecule has 3 aromatic rings. The summed E-state index contributed by atoms with van der Waals surface area (Å²) in [6.45, 7) is 6.19. The molecule has 1 saturated carbocycles. The number of aryl methyl sites for hydroxylation is 1. The van der Waals surface area contributed by atoms with Crippen molar-refractivity contribution in [3.63, 3.8) is 0 Å². The van der Waals surface area contributed by atoms with E-state index < -0.39 is 0 Å². The van der Waals surface area contributed by atoms with Crippen LogP contribution < -0.4 is 15.5 Å². The molecule has 2 fully saturated rings. The molecule has 2 atom stereocenters. The lowest BCUT2D eigenvalue weighted by molar-refractivity contribution is -0.129. The lowest BCUT2D eigenvalue weighted by Gasteiger charge is -2.35. The van der Waals surface area contributed by atoms with Crippen molar-refractivity contribution >= 4 is 28.7 Å². The molecule has 194 valence electrons. The van der Waals surface area contributed by atoms with Gasteiger partial charge in [-0.15, -0.1) is 0 Å². The van der Waals surface area contributed by atoms with E-state index in [-0.39, 0.29) is 29.7 Å². The number of piperidine rings is 1. The van der Waals surface area contributed by atoms with Gasteiger partial charge in [-0.05, 0) is 69.2 Å². The topological polar surface area (TPSA) is 87.2 Å². The van der Waals surface area contributed by atoms with Gasteiger partial charge in [0.25, 0.3) is 0 Å². The van der Waals surface area contributed by atoms with Crippen molar-refractivity contribution in [3.8, 4) is 11.1 Å². The van der Waals surface area contributed by atoms with Crippen LogP contribution in [-0.2, 0) is 9.59 Å². The van der Waals surface area contributed by atoms with Gasteiger partial charge in [0.05, 0.1) is 0 Å². The van der Waals surface area contributed by atoms with E-state index in [0.29, 0.717) is 6.54 Å². The van der Waals surface area contributed by atoms with Gasteiger partial charge < -0.3 is 15.5 Å². The predicted octanol–water partition coefficient (Wildman–Crippen LogP) is 4.63. The fraction of sp³-hybridized carbons (Fsp3) is 0.467. The Balaban J connectivity index is 1.27. The number of pyridine rings is 2. The van der Waals surface area contributed by atoms with Gasteiger partial charge in [-0.2, -0.15) is 0 Å². The summed E-state index contributed by atoms with van der Waals surface area (Å²) >= 11 is 0. The van der Waals surface area contributed by atoms with Gasteiger partial charge in [-0.1, -0.05) is 36.8 Å². The van der Waals surface area contributed by atoms with Crippen molar-refractivity contribution in [3.05, 3.63) is 54.2 Å². The van der Waals surface area contributed by atoms with Gasteiger partial charge in [0.15, 0.2) is 5.65 Å². The van der Waals surface area contributed by atoms with Crippen molar-refractivity contribution in [2.75, 3.05) is 24.5 Å². The number of anilines is 1. The molecule has 2 aliphatic rings. The van der Waals surface area contributed by atoms with Crippen LogP contribution in [0.5, 0.6) is 0 Å². The second kappa shape index (κ2) is 11.3. The van der Waals surface area contributed by atoms with Crippen molar-refractivity contribution < 1.29 is 9.59 Å². The Kier molecular flexibility index (Phi) is 7.68. The standard InChI is InChI=1S/C30H37N5O2/c1-3-31-29(36)23-10-7-11-25(17-23)33-30(37)22-12-14-35(15-13-22)28-26(21-8-5-4-6-9-21)18-24-16-20(2)19-32-27(24)34-28/h4-6,8-9,16,18-19,22-23,25H,3,7,10-15,17H2,1-2H3,(H,31,36)(H,33,37)/t23-,25-/m0/s1. The van der Waals surface area contributed by atoms with E-state index in [2.05, 4.69) is 56.9 Å². The number of fused-ring (bicyclic) bond motifs is 1. The van der Waals surface area contributed by atoms with Gasteiger partial charge in [0.1, 0.15) is 5.82 Å². The average Bonchev–Trinajstić information content (AvgIpc) is 2.93. The highest BCUT2D eigenvalue weighted by Crippen LogP contribution is 2.34. The minimum absolute atomic E-state index is 0.00799. The number of hydrogen-bond donors (Lipinski definition) is 2. The molecule has 2 N–H and O–H groups in total. The molecule has 0 unspecified atom stereocenters. The first-order valence-electron chi connectivity index (χ1n) is 13.7. The highest BCUT2D eigenvalue weighted by Gasteiger charge is 2.31. The van der Waals surface area contributed by atoms with E-state index in [1.54, 1.807) is 0 Å². The molecule has 1 aliphatic carbocycles. The summed E-state index contributed by atoms with van der Waals surface area (Å²) in [5.74, 6) is 1.19. The molecular weight excluding hydrogens is 462 g/mol. The van der Waals surface area contributed by atoms with Crippen LogP contribution in [0.4, 0.5) is 5.82 Å².